The first-order valence-electron chi connectivity index (χ1n) is 18.3. The third kappa shape index (κ3) is 7.48. The van der Waals surface area contributed by atoms with Crippen molar-refractivity contribution in [1.82, 2.24) is 24.5 Å². The molecule has 54 heavy (non-hydrogen) atoms. The predicted molar refractivity (Wildman–Crippen MR) is 233 cm³/mol. The number of thiazole rings is 1. The molecule has 3 aromatic heterocycles. The average Bonchev–Trinajstić information content (AvgIpc) is 3.77. The third-order valence-corrected chi connectivity index (χ3v) is 10.6. The largest absolute Gasteiger partial charge is 0.314 e. The first-order chi connectivity index (χ1) is 26.4. The normalized spacial score (nSPS) is 12.5. The molecular formula is C46H41B2N5S. The first-order valence-corrected chi connectivity index (χ1v) is 19.1. The van der Waals surface area contributed by atoms with Gasteiger partial charge >= 0.3 is 0 Å². The fourth-order valence-corrected chi connectivity index (χ4v) is 7.68. The number of benzene rings is 4. The molecule has 0 saturated heterocycles. The molecule has 0 spiro atoms. The van der Waals surface area contributed by atoms with Crippen LogP contribution in [0.4, 0.5) is 0 Å². The van der Waals surface area contributed by atoms with Crippen molar-refractivity contribution in [2.75, 3.05) is 0 Å². The molecule has 0 unspecified atom stereocenters. The molecule has 4 aromatic carbocycles. The van der Waals surface area contributed by atoms with Crippen LogP contribution in [0.25, 0.3) is 67.8 Å². The minimum atomic E-state index is 0.619. The van der Waals surface area contributed by atoms with E-state index in [0.717, 1.165) is 54.2 Å². The van der Waals surface area contributed by atoms with E-state index in [0.29, 0.717) is 17.5 Å². The summed E-state index contributed by atoms with van der Waals surface area (Å²) in [6.45, 7) is 12.8. The number of rotatable bonds is 11. The maximum atomic E-state index is 5.13. The zero-order chi connectivity index (χ0) is 37.6. The molecule has 262 valence electrons. The molecule has 0 saturated carbocycles. The fraction of sp³-hybridized carbons (Fsp3) is 0.130. The van der Waals surface area contributed by atoms with Crippen LogP contribution in [0.5, 0.6) is 0 Å². The second-order valence-corrected chi connectivity index (χ2v) is 14.0. The highest BCUT2D eigenvalue weighted by atomic mass is 32.1. The van der Waals surface area contributed by atoms with Gasteiger partial charge in [-0.05, 0) is 86.9 Å². The molecule has 0 atom stereocenters. The van der Waals surface area contributed by atoms with Crippen molar-refractivity contribution in [3.8, 4) is 39.9 Å². The van der Waals surface area contributed by atoms with E-state index in [2.05, 4.69) is 139 Å². The van der Waals surface area contributed by atoms with E-state index in [4.69, 9.17) is 19.9 Å². The highest BCUT2D eigenvalue weighted by Gasteiger charge is 2.19. The Labute approximate surface area is 324 Å². The van der Waals surface area contributed by atoms with Crippen molar-refractivity contribution in [3.63, 3.8) is 0 Å². The minimum Gasteiger partial charge on any atom is -0.314 e. The van der Waals surface area contributed by atoms with Crippen LogP contribution >= 0.6 is 11.3 Å². The van der Waals surface area contributed by atoms with Gasteiger partial charge in [0.2, 0.25) is 0 Å². The minimum absolute atomic E-state index is 0.619. The first kappa shape index (κ1) is 36.5. The number of hydrogen-bond acceptors (Lipinski definition) is 5. The predicted octanol–water partition coefficient (Wildman–Crippen LogP) is 11.1. The van der Waals surface area contributed by atoms with Crippen LogP contribution < -0.4 is 5.46 Å². The molecule has 7 aromatic rings. The molecular weight excluding hydrogens is 676 g/mol. The van der Waals surface area contributed by atoms with Crippen molar-refractivity contribution in [2.24, 2.45) is 0 Å². The van der Waals surface area contributed by atoms with Crippen LogP contribution in [-0.2, 0) is 0 Å². The average molecular weight is 718 g/mol. The Hall–Kier alpha value is -5.85. The van der Waals surface area contributed by atoms with Crippen molar-refractivity contribution in [3.05, 3.63) is 160 Å². The second-order valence-electron chi connectivity index (χ2n) is 13.0. The van der Waals surface area contributed by atoms with Gasteiger partial charge in [-0.15, -0.1) is 11.3 Å². The zero-order valence-corrected chi connectivity index (χ0v) is 32.4. The van der Waals surface area contributed by atoms with Gasteiger partial charge in [0.15, 0.2) is 24.8 Å². The lowest BCUT2D eigenvalue weighted by atomic mass is 9.65. The SMILES string of the molecule is C[B]C(=C\c1c([B]C)c(/C=C\C)n(-c2ccccc2)c1C)/C(=C/C)/C=C(\C)c1nc2cc(-c3nc(-c4ccccc4)nc(-c4ccccc4)n3)ccc2s1. The van der Waals surface area contributed by atoms with Crippen LogP contribution in [0.3, 0.4) is 0 Å². The molecule has 0 bridgehead atoms. The summed E-state index contributed by atoms with van der Waals surface area (Å²) in [5.74, 6) is 1.90. The molecule has 0 fully saturated rings. The van der Waals surface area contributed by atoms with Crippen LogP contribution in [0, 0.1) is 6.92 Å². The summed E-state index contributed by atoms with van der Waals surface area (Å²) in [7, 11) is 4.41. The van der Waals surface area contributed by atoms with Gasteiger partial charge in [-0.3, -0.25) is 0 Å². The number of aromatic nitrogens is 5. The monoisotopic (exact) mass is 717 g/mol. The maximum absolute atomic E-state index is 5.13. The van der Waals surface area contributed by atoms with Gasteiger partial charge < -0.3 is 4.57 Å². The van der Waals surface area contributed by atoms with Crippen LogP contribution in [0.15, 0.2) is 138 Å². The van der Waals surface area contributed by atoms with Gasteiger partial charge in [-0.2, -0.15) is 0 Å². The number of para-hydroxylation sites is 1. The number of hydrogen-bond donors (Lipinski definition) is 0. The highest BCUT2D eigenvalue weighted by molar-refractivity contribution is 7.19. The van der Waals surface area contributed by atoms with Crippen LogP contribution in [-0.4, -0.2) is 39.1 Å². The molecule has 7 rings (SSSR count). The Morgan fingerprint density at radius 3 is 1.87 bits per heavy atom. The maximum Gasteiger partial charge on any atom is 0.164 e. The molecule has 0 aliphatic rings. The lowest BCUT2D eigenvalue weighted by Gasteiger charge is -2.11. The number of fused-ring (bicyclic) bond motifs is 1. The van der Waals surface area contributed by atoms with E-state index >= 15 is 0 Å². The number of allylic oxidation sites excluding steroid dienone is 6. The Kier molecular flexibility index (Phi) is 11.1. The van der Waals surface area contributed by atoms with Gasteiger partial charge in [-0.1, -0.05) is 122 Å². The van der Waals surface area contributed by atoms with Gasteiger partial charge in [-0.25, -0.2) is 19.9 Å². The van der Waals surface area contributed by atoms with Gasteiger partial charge in [0, 0.05) is 33.8 Å². The van der Waals surface area contributed by atoms with Gasteiger partial charge in [0.1, 0.15) is 12.3 Å². The van der Waals surface area contributed by atoms with Crippen molar-refractivity contribution in [2.45, 2.75) is 41.3 Å². The summed E-state index contributed by atoms with van der Waals surface area (Å²) in [6.07, 6.45) is 11.1. The Morgan fingerprint density at radius 1 is 0.722 bits per heavy atom. The van der Waals surface area contributed by atoms with E-state index < -0.39 is 0 Å². The van der Waals surface area contributed by atoms with E-state index in [1.807, 2.05) is 60.7 Å². The third-order valence-electron chi connectivity index (χ3n) is 9.47. The van der Waals surface area contributed by atoms with E-state index in [1.165, 1.54) is 22.4 Å². The summed E-state index contributed by atoms with van der Waals surface area (Å²) in [5.41, 5.74) is 13.1. The standard InChI is InChI=1S/C46H41B2N5S/c1-7-18-40-42(48-6)37(31(4)53(40)36-23-16-11-17-24-36)29-38(47-5)32(8-2)27-30(3)46-49-39-28-35(25-26-41(39)54-46)45-51-43(33-19-12-9-13-20-33)50-44(52-45)34-21-14-10-15-22-34/h7-29H,1-6H3/b18-7-,30-27+,32-8+,38-29-. The fourth-order valence-electron chi connectivity index (χ4n) is 6.76. The Balaban J connectivity index is 1.24. The van der Waals surface area contributed by atoms with Gasteiger partial charge in [0.25, 0.3) is 0 Å². The summed E-state index contributed by atoms with van der Waals surface area (Å²) >= 11 is 1.70. The molecule has 2 radical (unpaired) electrons. The van der Waals surface area contributed by atoms with Crippen molar-refractivity contribution < 1.29 is 0 Å². The van der Waals surface area contributed by atoms with E-state index in [-0.39, 0.29) is 0 Å². The quantitative estimate of drug-likeness (QED) is 0.0987. The summed E-state index contributed by atoms with van der Waals surface area (Å²) < 4.78 is 3.46. The summed E-state index contributed by atoms with van der Waals surface area (Å²) in [5, 5.41) is 0.979. The van der Waals surface area contributed by atoms with E-state index in [9.17, 15) is 0 Å². The van der Waals surface area contributed by atoms with Crippen LogP contribution in [0.2, 0.25) is 13.6 Å². The molecule has 8 heteroatoms. The lowest BCUT2D eigenvalue weighted by Crippen LogP contribution is -2.16. The smallest absolute Gasteiger partial charge is 0.164 e. The summed E-state index contributed by atoms with van der Waals surface area (Å²) in [6, 6.07) is 37.0. The van der Waals surface area contributed by atoms with Crippen molar-refractivity contribution >= 4 is 59.3 Å². The molecule has 0 N–H and O–H groups in total. The lowest BCUT2D eigenvalue weighted by molar-refractivity contribution is 1.00. The molecule has 0 aliphatic heterocycles. The Morgan fingerprint density at radius 2 is 1.31 bits per heavy atom. The molecule has 3 heterocycles. The molecule has 5 nitrogen and oxygen atoms in total. The second kappa shape index (κ2) is 16.4. The van der Waals surface area contributed by atoms with Gasteiger partial charge in [0.05, 0.1) is 10.2 Å². The zero-order valence-electron chi connectivity index (χ0n) is 31.6. The van der Waals surface area contributed by atoms with Crippen LogP contribution in [0.1, 0.15) is 42.7 Å². The molecule has 0 aliphatic carbocycles. The highest BCUT2D eigenvalue weighted by Crippen LogP contribution is 2.33. The topological polar surface area (TPSA) is 56.5 Å². The summed E-state index contributed by atoms with van der Waals surface area (Å²) in [4.78, 5) is 19.8. The Bertz CT molecular complexity index is 2490. The molecule has 0 amide bonds. The number of nitrogens with zero attached hydrogens (tertiary/aromatic N) is 5. The van der Waals surface area contributed by atoms with E-state index in [1.54, 1.807) is 11.3 Å². The van der Waals surface area contributed by atoms with Crippen molar-refractivity contribution in [1.29, 1.82) is 0 Å².